The summed E-state index contributed by atoms with van der Waals surface area (Å²) in [6, 6.07) is 7.06. The maximum absolute atomic E-state index is 15.3. The number of aliphatic hydroxyl groups excluding tert-OH is 1. The molecule has 0 amide bonds. The van der Waals surface area contributed by atoms with Gasteiger partial charge in [0, 0.05) is 14.1 Å². The number of nitrogens with two attached hydrogens (primary N) is 1. The van der Waals surface area contributed by atoms with E-state index in [1.54, 1.807) is 63.2 Å². The van der Waals surface area contributed by atoms with Gasteiger partial charge in [0.05, 0.1) is 19.0 Å². The third-order valence-corrected chi connectivity index (χ3v) is 7.49. The lowest BCUT2D eigenvalue weighted by Gasteiger charge is -2.25. The Morgan fingerprint density at radius 1 is 1.27 bits per heavy atom. The van der Waals surface area contributed by atoms with Gasteiger partial charge < -0.3 is 29.7 Å². The molecule has 0 radical (unpaired) electrons. The molecule has 0 spiro atoms. The molecule has 1 fully saturated rings. The number of benzene rings is 1. The van der Waals surface area contributed by atoms with Crippen molar-refractivity contribution >= 4 is 36.6 Å². The smallest absolute Gasteiger partial charge is 0.459 e. The number of hydrogen-bond acceptors (Lipinski definition) is 12. The number of halogens is 1. The summed E-state index contributed by atoms with van der Waals surface area (Å²) in [5, 5.41) is 13.2. The van der Waals surface area contributed by atoms with Gasteiger partial charge in [-0.25, -0.2) is 13.9 Å². The van der Waals surface area contributed by atoms with E-state index >= 15 is 4.39 Å². The van der Waals surface area contributed by atoms with Crippen molar-refractivity contribution < 1.29 is 37.4 Å². The fourth-order valence-corrected chi connectivity index (χ4v) is 5.49. The number of hydrogen-bond donors (Lipinski definition) is 3. The number of aromatic nitrogens is 4. The van der Waals surface area contributed by atoms with E-state index in [-0.39, 0.29) is 17.3 Å². The van der Waals surface area contributed by atoms with Gasteiger partial charge in [0.15, 0.2) is 29.4 Å². The van der Waals surface area contributed by atoms with Crippen molar-refractivity contribution in [2.24, 2.45) is 0 Å². The predicted octanol–water partition coefficient (Wildman–Crippen LogP) is 2.20. The van der Waals surface area contributed by atoms with Gasteiger partial charge in [-0.2, -0.15) is 15.1 Å². The van der Waals surface area contributed by atoms with Gasteiger partial charge in [-0.05, 0) is 32.9 Å². The maximum Gasteiger partial charge on any atom is 0.459 e. The van der Waals surface area contributed by atoms with Crippen LogP contribution in [0.3, 0.4) is 0 Å². The number of rotatable bonds is 11. The van der Waals surface area contributed by atoms with Gasteiger partial charge in [0.2, 0.25) is 5.95 Å². The minimum absolute atomic E-state index is 0.0537. The van der Waals surface area contributed by atoms with E-state index < -0.39 is 57.1 Å². The second-order valence-electron chi connectivity index (χ2n) is 9.66. The van der Waals surface area contributed by atoms with Gasteiger partial charge in [0.1, 0.15) is 24.0 Å². The number of alkyl halides is 1. The highest BCUT2D eigenvalue weighted by molar-refractivity contribution is 7.52. The summed E-state index contributed by atoms with van der Waals surface area (Å²) in [4.78, 5) is 26.6. The van der Waals surface area contributed by atoms with Gasteiger partial charge in [-0.1, -0.05) is 18.2 Å². The van der Waals surface area contributed by atoms with Crippen molar-refractivity contribution in [3.63, 3.8) is 0 Å². The molecule has 1 aliphatic heterocycles. The summed E-state index contributed by atoms with van der Waals surface area (Å²) in [6.45, 7) is 4.24. The van der Waals surface area contributed by atoms with Crippen molar-refractivity contribution in [1.29, 1.82) is 0 Å². The molecule has 6 atom stereocenters. The Kier molecular flexibility index (Phi) is 8.90. The van der Waals surface area contributed by atoms with Crippen molar-refractivity contribution in [3.8, 4) is 5.75 Å². The van der Waals surface area contributed by atoms with Crippen LogP contribution in [-0.2, 0) is 23.4 Å². The van der Waals surface area contributed by atoms with Crippen LogP contribution in [0.2, 0.25) is 0 Å². The summed E-state index contributed by atoms with van der Waals surface area (Å²) in [7, 11) is -0.773. The second-order valence-corrected chi connectivity index (χ2v) is 11.4. The van der Waals surface area contributed by atoms with Crippen LogP contribution in [0.25, 0.3) is 11.2 Å². The Morgan fingerprint density at radius 2 is 1.98 bits per heavy atom. The molecule has 218 valence electrons. The number of imidazole rings is 1. The number of nitrogens with one attached hydrogen (secondary N) is 1. The van der Waals surface area contributed by atoms with Gasteiger partial charge in [-0.3, -0.25) is 13.9 Å². The van der Waals surface area contributed by atoms with Crippen molar-refractivity contribution in [1.82, 2.24) is 24.6 Å². The lowest BCUT2D eigenvalue weighted by Crippen LogP contribution is -2.37. The van der Waals surface area contributed by atoms with E-state index in [2.05, 4.69) is 20.0 Å². The number of ether oxygens (including phenoxy) is 2. The number of fused-ring (bicyclic) bond motifs is 1. The minimum Gasteiger partial charge on any atom is -0.462 e. The average molecular weight is 582 g/mol. The van der Waals surface area contributed by atoms with Crippen LogP contribution in [0, 0.1) is 0 Å². The highest BCUT2D eigenvalue weighted by Gasteiger charge is 2.47. The highest BCUT2D eigenvalue weighted by Crippen LogP contribution is 2.46. The monoisotopic (exact) mass is 581 g/mol. The average Bonchev–Trinajstić information content (AvgIpc) is 3.42. The first-order valence-electron chi connectivity index (χ1n) is 12.5. The zero-order chi connectivity index (χ0) is 29.2. The molecule has 0 bridgehead atoms. The molecule has 1 aliphatic rings. The number of carbonyl (C=O) groups is 1. The van der Waals surface area contributed by atoms with Crippen LogP contribution in [0.4, 0.5) is 16.2 Å². The predicted molar refractivity (Wildman–Crippen MR) is 143 cm³/mol. The van der Waals surface area contributed by atoms with Crippen molar-refractivity contribution in [3.05, 3.63) is 36.7 Å². The number of anilines is 2. The third-order valence-electron chi connectivity index (χ3n) is 5.85. The standard InChI is InChI=1S/C24H33FN7O7P/c1-13(2)37-23(34)14(3)30-40(35,39-15-9-7-6-8-10-15)36-11-16-19(33)17(25)22(38-16)32-12-27-18-20(31(4)5)28-24(26)29-21(18)32/h6-10,12-14,16-17,19,22,33H,11H2,1-5H3,(H,30,35)(H2,26,28,29)/t14-,16+,17+,19+,22+,40-/m0/s1. The molecule has 2 aromatic heterocycles. The van der Waals surface area contributed by atoms with Crippen LogP contribution in [0.1, 0.15) is 27.0 Å². The van der Waals surface area contributed by atoms with Crippen LogP contribution in [0.15, 0.2) is 36.7 Å². The van der Waals surface area contributed by atoms with E-state index in [1.807, 2.05) is 0 Å². The number of nitrogen functional groups attached to an aromatic ring is 1. The fraction of sp³-hybridized carbons (Fsp3) is 0.500. The Labute approximate surface area is 230 Å². The first kappa shape index (κ1) is 29.6. The van der Waals surface area contributed by atoms with E-state index in [0.717, 1.165) is 0 Å². The zero-order valence-electron chi connectivity index (χ0n) is 22.7. The number of aliphatic hydroxyl groups is 1. The first-order chi connectivity index (χ1) is 18.9. The normalized spacial score (nSPS) is 23.2. The molecule has 16 heteroatoms. The zero-order valence-corrected chi connectivity index (χ0v) is 23.6. The minimum atomic E-state index is -4.26. The lowest BCUT2D eigenvalue weighted by atomic mass is 10.1. The molecule has 1 aromatic carbocycles. The highest BCUT2D eigenvalue weighted by atomic mass is 31.2. The molecule has 0 unspecified atom stereocenters. The Bertz CT molecular complexity index is 1380. The number of carbonyl (C=O) groups excluding carboxylic acids is 1. The SMILES string of the molecule is CC(C)OC(=O)[C@H](C)N[P@](=O)(OC[C@H]1O[C@@H](n2cnc3c(N(C)C)nc(N)nc32)[C@H](F)[C@@H]1O)Oc1ccccc1. The Hall–Kier alpha value is -3.36. The molecule has 4 rings (SSSR count). The molecular formula is C24H33FN7O7P. The van der Waals surface area contributed by atoms with Crippen LogP contribution < -0.4 is 20.2 Å². The van der Waals surface area contributed by atoms with Crippen molar-refractivity contribution in [2.75, 3.05) is 31.3 Å². The fourth-order valence-electron chi connectivity index (χ4n) is 3.99. The summed E-state index contributed by atoms with van der Waals surface area (Å²) < 4.78 is 52.5. The Balaban J connectivity index is 1.53. The molecule has 4 N–H and O–H groups in total. The number of nitrogens with zero attached hydrogens (tertiary/aromatic N) is 5. The molecule has 14 nitrogen and oxygen atoms in total. The summed E-state index contributed by atoms with van der Waals surface area (Å²) in [5.41, 5.74) is 6.41. The largest absolute Gasteiger partial charge is 0.462 e. The van der Waals surface area contributed by atoms with Gasteiger partial charge in [0.25, 0.3) is 0 Å². The van der Waals surface area contributed by atoms with E-state index in [9.17, 15) is 14.5 Å². The van der Waals surface area contributed by atoms with Crippen LogP contribution in [-0.4, -0.2) is 81.8 Å². The maximum atomic E-state index is 15.3. The first-order valence-corrected chi connectivity index (χ1v) is 14.0. The number of esters is 1. The van der Waals surface area contributed by atoms with Gasteiger partial charge >= 0.3 is 13.7 Å². The van der Waals surface area contributed by atoms with Crippen LogP contribution >= 0.6 is 7.75 Å². The second kappa shape index (κ2) is 12.0. The lowest BCUT2D eigenvalue weighted by molar-refractivity contribution is -0.149. The molecule has 40 heavy (non-hydrogen) atoms. The van der Waals surface area contributed by atoms with Crippen molar-refractivity contribution in [2.45, 2.75) is 57.5 Å². The van der Waals surface area contributed by atoms with E-state index in [4.69, 9.17) is 24.3 Å². The molecule has 0 aliphatic carbocycles. The van der Waals surface area contributed by atoms with Crippen LogP contribution in [0.5, 0.6) is 5.75 Å². The van der Waals surface area contributed by atoms with Gasteiger partial charge in [-0.15, -0.1) is 0 Å². The summed E-state index contributed by atoms with van der Waals surface area (Å²) in [6.07, 6.45) is -5.29. The molecule has 1 saturated heterocycles. The summed E-state index contributed by atoms with van der Waals surface area (Å²) in [5.74, 6) is -0.120. The topological polar surface area (TPSA) is 176 Å². The quantitative estimate of drug-likeness (QED) is 0.222. The molecule has 3 heterocycles. The third kappa shape index (κ3) is 6.50. The molecule has 3 aromatic rings. The summed E-state index contributed by atoms with van der Waals surface area (Å²) >= 11 is 0. The van der Waals surface area contributed by atoms with E-state index in [0.29, 0.717) is 11.3 Å². The Morgan fingerprint density at radius 3 is 2.62 bits per heavy atom. The number of para-hydroxylation sites is 1. The molecular weight excluding hydrogens is 548 g/mol. The van der Waals surface area contributed by atoms with E-state index in [1.165, 1.54) is 17.8 Å². The molecule has 0 saturated carbocycles.